The highest BCUT2D eigenvalue weighted by Crippen LogP contribution is 2.45. The van der Waals surface area contributed by atoms with Crippen LogP contribution in [-0.4, -0.2) is 27.1 Å². The lowest BCUT2D eigenvalue weighted by Crippen LogP contribution is -2.56. The number of aryl methyl sites for hydroxylation is 1. The number of oxime groups is 1. The number of aromatic amines is 1. The zero-order chi connectivity index (χ0) is 14.0. The molecule has 1 aliphatic rings. The Morgan fingerprint density at radius 3 is 2.89 bits per heavy atom. The van der Waals surface area contributed by atoms with Crippen LogP contribution in [0.15, 0.2) is 11.4 Å². The molecule has 0 radical (unpaired) electrons. The highest BCUT2D eigenvalue weighted by atomic mass is 16.4. The standard InChI is InChI=1S/C12H19N5O2/c1-7-3-12(4-7,10(13)17-19)11(18)14-5-9-6-15-16-8(9)2/h6-7,19H,3-5H2,1-2H3,(H2,13,17)(H,14,18)(H,15,16). The fraction of sp³-hybridized carbons (Fsp3) is 0.583. The Balaban J connectivity index is 2.04. The molecule has 7 heteroatoms. The van der Waals surface area contributed by atoms with Gasteiger partial charge in [0.05, 0.1) is 6.20 Å². The van der Waals surface area contributed by atoms with Crippen molar-refractivity contribution in [3.63, 3.8) is 0 Å². The van der Waals surface area contributed by atoms with Crippen LogP contribution in [0.4, 0.5) is 0 Å². The van der Waals surface area contributed by atoms with Gasteiger partial charge in [0.25, 0.3) is 0 Å². The molecule has 0 saturated heterocycles. The number of nitrogens with zero attached hydrogens (tertiary/aromatic N) is 2. The first-order valence-electron chi connectivity index (χ1n) is 6.24. The van der Waals surface area contributed by atoms with E-state index in [1.807, 2.05) is 13.8 Å². The van der Waals surface area contributed by atoms with Gasteiger partial charge in [-0.3, -0.25) is 9.89 Å². The minimum atomic E-state index is -0.855. The van der Waals surface area contributed by atoms with Gasteiger partial charge >= 0.3 is 0 Å². The number of nitrogens with two attached hydrogens (primary N) is 1. The number of rotatable bonds is 4. The Hall–Kier alpha value is -2.05. The van der Waals surface area contributed by atoms with Gasteiger partial charge in [-0.15, -0.1) is 0 Å². The SMILES string of the molecule is Cc1[nH]ncc1CNC(=O)C1(C(N)=NO)CC(C)C1. The molecular formula is C12H19N5O2. The van der Waals surface area contributed by atoms with Crippen LogP contribution in [0.25, 0.3) is 0 Å². The second-order valence-electron chi connectivity index (χ2n) is 5.28. The fourth-order valence-corrected chi connectivity index (χ4v) is 2.64. The summed E-state index contributed by atoms with van der Waals surface area (Å²) in [7, 11) is 0. The molecule has 1 aromatic heterocycles. The Bertz CT molecular complexity index is 502. The highest BCUT2D eigenvalue weighted by molar-refractivity contribution is 6.07. The van der Waals surface area contributed by atoms with E-state index in [-0.39, 0.29) is 11.7 Å². The Morgan fingerprint density at radius 1 is 1.74 bits per heavy atom. The first kappa shape index (κ1) is 13.4. The summed E-state index contributed by atoms with van der Waals surface area (Å²) in [6.07, 6.45) is 2.90. The van der Waals surface area contributed by atoms with Crippen molar-refractivity contribution in [3.05, 3.63) is 17.5 Å². The molecule has 0 aromatic carbocycles. The van der Waals surface area contributed by atoms with Gasteiger partial charge in [-0.05, 0) is 25.7 Å². The first-order chi connectivity index (χ1) is 8.99. The molecule has 1 heterocycles. The van der Waals surface area contributed by atoms with Gasteiger partial charge in [0.15, 0.2) is 5.84 Å². The maximum atomic E-state index is 12.3. The second-order valence-corrected chi connectivity index (χ2v) is 5.28. The van der Waals surface area contributed by atoms with E-state index in [1.54, 1.807) is 6.20 Å². The number of nitrogens with one attached hydrogen (secondary N) is 2. The molecule has 5 N–H and O–H groups in total. The third-order valence-electron chi connectivity index (χ3n) is 3.80. The molecule has 0 aliphatic heterocycles. The lowest BCUT2D eigenvalue weighted by molar-refractivity contribution is -0.133. The summed E-state index contributed by atoms with van der Waals surface area (Å²) in [5.74, 6) is 0.204. The Morgan fingerprint density at radius 2 is 2.42 bits per heavy atom. The Kier molecular flexibility index (Phi) is 3.46. The summed E-state index contributed by atoms with van der Waals surface area (Å²) in [6, 6.07) is 0. The van der Waals surface area contributed by atoms with E-state index in [4.69, 9.17) is 10.9 Å². The summed E-state index contributed by atoms with van der Waals surface area (Å²) in [4.78, 5) is 12.3. The predicted molar refractivity (Wildman–Crippen MR) is 69.4 cm³/mol. The maximum absolute atomic E-state index is 12.3. The zero-order valence-corrected chi connectivity index (χ0v) is 11.1. The monoisotopic (exact) mass is 265 g/mol. The molecule has 19 heavy (non-hydrogen) atoms. The molecule has 1 amide bonds. The van der Waals surface area contributed by atoms with Gasteiger partial charge in [-0.1, -0.05) is 12.1 Å². The summed E-state index contributed by atoms with van der Waals surface area (Å²) >= 11 is 0. The van der Waals surface area contributed by atoms with Gasteiger partial charge in [0.2, 0.25) is 5.91 Å². The molecule has 0 spiro atoms. The average Bonchev–Trinajstić information content (AvgIpc) is 2.76. The van der Waals surface area contributed by atoms with Crippen LogP contribution in [0.1, 0.15) is 31.0 Å². The lowest BCUT2D eigenvalue weighted by atomic mass is 9.61. The van der Waals surface area contributed by atoms with E-state index in [1.165, 1.54) is 0 Å². The van der Waals surface area contributed by atoms with E-state index in [0.29, 0.717) is 25.3 Å². The van der Waals surface area contributed by atoms with Gasteiger partial charge in [0.1, 0.15) is 5.41 Å². The number of amides is 1. The zero-order valence-electron chi connectivity index (χ0n) is 11.1. The molecule has 1 aliphatic carbocycles. The number of hydrogen-bond donors (Lipinski definition) is 4. The van der Waals surface area contributed by atoms with Crippen LogP contribution in [-0.2, 0) is 11.3 Å². The normalized spacial score (nSPS) is 26.8. The maximum Gasteiger partial charge on any atom is 0.234 e. The largest absolute Gasteiger partial charge is 0.409 e. The first-order valence-corrected chi connectivity index (χ1v) is 6.24. The molecule has 1 aromatic rings. The van der Waals surface area contributed by atoms with Crippen LogP contribution in [0.3, 0.4) is 0 Å². The number of hydrogen-bond acceptors (Lipinski definition) is 4. The number of H-pyrrole nitrogens is 1. The molecule has 7 nitrogen and oxygen atoms in total. The van der Waals surface area contributed by atoms with Crippen LogP contribution in [0.5, 0.6) is 0 Å². The van der Waals surface area contributed by atoms with Crippen molar-refractivity contribution in [2.24, 2.45) is 22.2 Å². The van der Waals surface area contributed by atoms with Crippen molar-refractivity contribution >= 4 is 11.7 Å². The molecule has 0 bridgehead atoms. The van der Waals surface area contributed by atoms with Crippen molar-refractivity contribution in [2.75, 3.05) is 0 Å². The van der Waals surface area contributed by atoms with Gasteiger partial charge in [-0.2, -0.15) is 5.10 Å². The van der Waals surface area contributed by atoms with Crippen molar-refractivity contribution in [2.45, 2.75) is 33.2 Å². The summed E-state index contributed by atoms with van der Waals surface area (Å²) < 4.78 is 0. The van der Waals surface area contributed by atoms with E-state index < -0.39 is 5.41 Å². The minimum absolute atomic E-state index is 0.00739. The Labute approximate surface area is 111 Å². The van der Waals surface area contributed by atoms with Gasteiger partial charge in [-0.25, -0.2) is 0 Å². The number of amidine groups is 1. The smallest absolute Gasteiger partial charge is 0.234 e. The van der Waals surface area contributed by atoms with Gasteiger partial charge in [0, 0.05) is 17.8 Å². The third kappa shape index (κ3) is 2.27. The van der Waals surface area contributed by atoms with E-state index in [0.717, 1.165) is 11.3 Å². The molecule has 1 saturated carbocycles. The number of aromatic nitrogens is 2. The average molecular weight is 265 g/mol. The minimum Gasteiger partial charge on any atom is -0.409 e. The van der Waals surface area contributed by atoms with E-state index >= 15 is 0 Å². The number of carbonyl (C=O) groups excluding carboxylic acids is 1. The van der Waals surface area contributed by atoms with Gasteiger partial charge < -0.3 is 16.3 Å². The number of carbonyl (C=O) groups is 1. The second kappa shape index (κ2) is 4.91. The van der Waals surface area contributed by atoms with Crippen molar-refractivity contribution < 1.29 is 10.0 Å². The van der Waals surface area contributed by atoms with Crippen LogP contribution in [0, 0.1) is 18.3 Å². The van der Waals surface area contributed by atoms with E-state index in [2.05, 4.69) is 20.7 Å². The highest BCUT2D eigenvalue weighted by Gasteiger charge is 2.52. The molecule has 1 fully saturated rings. The van der Waals surface area contributed by atoms with E-state index in [9.17, 15) is 4.79 Å². The topological polar surface area (TPSA) is 116 Å². The van der Waals surface area contributed by atoms with Crippen LogP contribution >= 0.6 is 0 Å². The molecule has 2 rings (SSSR count). The van der Waals surface area contributed by atoms with Crippen molar-refractivity contribution in [1.29, 1.82) is 0 Å². The molecule has 0 atom stereocenters. The van der Waals surface area contributed by atoms with Crippen LogP contribution in [0.2, 0.25) is 0 Å². The van der Waals surface area contributed by atoms with Crippen molar-refractivity contribution in [3.8, 4) is 0 Å². The summed E-state index contributed by atoms with van der Waals surface area (Å²) in [5, 5.41) is 21.4. The van der Waals surface area contributed by atoms with Crippen molar-refractivity contribution in [1.82, 2.24) is 15.5 Å². The van der Waals surface area contributed by atoms with Crippen LogP contribution < -0.4 is 11.1 Å². The quantitative estimate of drug-likeness (QED) is 0.274. The lowest BCUT2D eigenvalue weighted by Gasteiger charge is -2.43. The predicted octanol–water partition coefficient (Wildman–Crippen LogP) is 0.497. The fourth-order valence-electron chi connectivity index (χ4n) is 2.64. The summed E-state index contributed by atoms with van der Waals surface area (Å²) in [5.41, 5.74) is 6.66. The molecular weight excluding hydrogens is 246 g/mol. The summed E-state index contributed by atoms with van der Waals surface area (Å²) in [6.45, 7) is 4.31. The molecule has 104 valence electrons. The molecule has 0 unspecified atom stereocenters. The third-order valence-corrected chi connectivity index (χ3v) is 3.80.